The summed E-state index contributed by atoms with van der Waals surface area (Å²) < 4.78 is 52.7. The maximum Gasteiger partial charge on any atom is 0 e. The van der Waals surface area contributed by atoms with Crippen LogP contribution in [0.3, 0.4) is 0 Å². The van der Waals surface area contributed by atoms with Crippen molar-refractivity contribution in [1.82, 2.24) is 0 Å². The van der Waals surface area contributed by atoms with E-state index in [0.29, 0.717) is 5.75 Å². The SMILES string of the molecule is CO[C]c1cccc2c1OCO2.[C-]#[O+].[C-]#[O+].[C-]#[O+].[C-]#[O+].[C-]#[O+].[Cr]. The molecular formula is C14H8CrO8. The Bertz CT molecular complexity index is 441. The van der Waals surface area contributed by atoms with Gasteiger partial charge in [0.25, 0.3) is 0 Å². The summed E-state index contributed by atoms with van der Waals surface area (Å²) in [5.41, 5.74) is 0.785. The number of hydrogen-bond donors (Lipinski definition) is 0. The van der Waals surface area contributed by atoms with Gasteiger partial charge < -0.3 is 14.2 Å². The smallest absolute Gasteiger partial charge is 0 e. The van der Waals surface area contributed by atoms with E-state index in [2.05, 4.69) is 39.9 Å². The molecule has 0 unspecified atom stereocenters. The summed E-state index contributed by atoms with van der Waals surface area (Å²) in [7, 11) is 1.55. The molecule has 0 aromatic heterocycles. The van der Waals surface area contributed by atoms with Gasteiger partial charge in [-0.1, -0.05) is 12.1 Å². The molecule has 0 atom stereocenters. The number of rotatable bonds is 2. The van der Waals surface area contributed by atoms with Crippen molar-refractivity contribution in [2.24, 2.45) is 0 Å². The molecule has 8 nitrogen and oxygen atoms in total. The van der Waals surface area contributed by atoms with E-state index in [1.54, 1.807) is 7.11 Å². The van der Waals surface area contributed by atoms with Crippen LogP contribution >= 0.6 is 0 Å². The van der Waals surface area contributed by atoms with Crippen molar-refractivity contribution in [3.05, 3.63) is 63.6 Å². The fourth-order valence-corrected chi connectivity index (χ4v) is 1.12. The first-order chi connectivity index (χ1) is 10.9. The fourth-order valence-electron chi connectivity index (χ4n) is 1.12. The minimum Gasteiger partial charge on any atom is 0 e. The van der Waals surface area contributed by atoms with Gasteiger partial charge in [0, 0.05) is 30.0 Å². The van der Waals surface area contributed by atoms with Gasteiger partial charge in [-0.25, -0.2) is 0 Å². The average Bonchev–Trinajstić information content (AvgIpc) is 3.14. The summed E-state index contributed by atoms with van der Waals surface area (Å²) in [6, 6.07) is 5.58. The minimum absolute atomic E-state index is 0. The fraction of sp³-hybridized carbons (Fsp3) is 0.143. The third kappa shape index (κ3) is 14.7. The molecular weight excluding hydrogens is 348 g/mol. The Labute approximate surface area is 144 Å². The van der Waals surface area contributed by atoms with Crippen molar-refractivity contribution in [1.29, 1.82) is 0 Å². The molecule has 118 valence electrons. The van der Waals surface area contributed by atoms with Gasteiger partial charge in [-0.3, -0.25) is 0 Å². The summed E-state index contributed by atoms with van der Waals surface area (Å²) in [5.74, 6) is 1.46. The first-order valence-electron chi connectivity index (χ1n) is 4.61. The van der Waals surface area contributed by atoms with Crippen LogP contribution in [0.15, 0.2) is 18.2 Å². The Morgan fingerprint density at radius 1 is 0.913 bits per heavy atom. The molecule has 1 aromatic rings. The maximum atomic E-state index is 7.50. The van der Waals surface area contributed by atoms with Gasteiger partial charge in [-0.15, -0.1) is 0 Å². The van der Waals surface area contributed by atoms with Crippen LogP contribution in [0.25, 0.3) is 0 Å². The Balaban J connectivity index is -0.0000000852. The van der Waals surface area contributed by atoms with Crippen LogP contribution in [-0.2, 0) is 45.4 Å². The van der Waals surface area contributed by atoms with Crippen molar-refractivity contribution in [2.45, 2.75) is 0 Å². The molecule has 0 amide bonds. The quantitative estimate of drug-likeness (QED) is 0.584. The molecule has 23 heavy (non-hydrogen) atoms. The monoisotopic (exact) mass is 356 g/mol. The first kappa shape index (κ1) is 32.8. The molecule has 1 aliphatic rings. The second kappa shape index (κ2) is 32.1. The molecule has 9 heteroatoms. The van der Waals surface area contributed by atoms with E-state index < -0.39 is 0 Å². The van der Waals surface area contributed by atoms with Gasteiger partial charge in [0.1, 0.15) is 0 Å². The van der Waals surface area contributed by atoms with Crippen LogP contribution in [-0.4, -0.2) is 13.9 Å². The number of para-hydroxylation sites is 1. The second-order valence-corrected chi connectivity index (χ2v) is 2.35. The molecule has 1 aliphatic heterocycles. The van der Waals surface area contributed by atoms with Crippen LogP contribution in [0, 0.1) is 39.9 Å². The van der Waals surface area contributed by atoms with Crippen LogP contribution in [0.4, 0.5) is 0 Å². The molecule has 0 bridgehead atoms. The normalized spacial score (nSPS) is 7.43. The standard InChI is InChI=1S/C9H8O3.5CO.Cr/c1-10-5-7-3-2-4-8-9(7)12-6-11-8;5*1-2;/h2-4H,6H2,1H3;;;;;;. The van der Waals surface area contributed by atoms with Gasteiger partial charge in [-0.2, -0.15) is 0 Å². The van der Waals surface area contributed by atoms with Gasteiger partial charge in [0.15, 0.2) is 18.1 Å². The second-order valence-electron chi connectivity index (χ2n) is 2.35. The minimum atomic E-state index is 0. The zero-order chi connectivity index (χ0) is 18.4. The molecule has 2 radical (unpaired) electrons. The summed E-state index contributed by atoms with van der Waals surface area (Å²) in [5, 5.41) is 0. The Morgan fingerprint density at radius 3 is 1.83 bits per heavy atom. The van der Waals surface area contributed by atoms with E-state index in [-0.39, 0.29) is 24.2 Å². The Morgan fingerprint density at radius 2 is 1.39 bits per heavy atom. The molecule has 0 saturated carbocycles. The Kier molecular flexibility index (Phi) is 45.8. The topological polar surface area (TPSA) is 127 Å². The number of fused-ring (bicyclic) bond motifs is 1. The van der Waals surface area contributed by atoms with Crippen LogP contribution in [0.1, 0.15) is 5.56 Å². The van der Waals surface area contributed by atoms with Crippen molar-refractivity contribution in [3.63, 3.8) is 0 Å². The molecule has 0 fully saturated rings. The molecule has 0 spiro atoms. The van der Waals surface area contributed by atoms with E-state index in [0.717, 1.165) is 11.3 Å². The largest absolute Gasteiger partial charge is 0 e. The molecule has 0 aliphatic carbocycles. The third-order valence-electron chi connectivity index (χ3n) is 1.61. The number of benzene rings is 1. The van der Waals surface area contributed by atoms with Gasteiger partial charge in [-0.05, 0) is 6.07 Å². The zero-order valence-electron chi connectivity index (χ0n) is 11.6. The summed E-state index contributed by atoms with van der Waals surface area (Å²) in [4.78, 5) is 0. The average molecular weight is 356 g/mol. The predicted octanol–water partition coefficient (Wildman–Crippen LogP) is 1.26. The van der Waals surface area contributed by atoms with E-state index in [1.165, 1.54) is 0 Å². The summed E-state index contributed by atoms with van der Waals surface area (Å²) >= 11 is 0. The first-order valence-corrected chi connectivity index (χ1v) is 4.61. The molecule has 1 aromatic carbocycles. The molecule has 0 saturated heterocycles. The van der Waals surface area contributed by atoms with Crippen molar-refractivity contribution in [3.8, 4) is 11.5 Å². The predicted molar refractivity (Wildman–Crippen MR) is 61.6 cm³/mol. The summed E-state index contributed by atoms with van der Waals surface area (Å²) in [6.45, 7) is 25.5. The van der Waals surface area contributed by atoms with E-state index in [1.807, 2.05) is 18.2 Å². The van der Waals surface area contributed by atoms with Gasteiger partial charge in [0.05, 0.1) is 0 Å². The molecule has 0 N–H and O–H groups in total. The van der Waals surface area contributed by atoms with Crippen LogP contribution in [0.5, 0.6) is 11.5 Å². The zero-order valence-corrected chi connectivity index (χ0v) is 12.9. The number of ether oxygens (including phenoxy) is 3. The number of methoxy groups -OCH3 is 1. The third-order valence-corrected chi connectivity index (χ3v) is 1.61. The van der Waals surface area contributed by atoms with E-state index in [4.69, 9.17) is 37.5 Å². The Hall–Kier alpha value is -1.99. The van der Waals surface area contributed by atoms with E-state index >= 15 is 0 Å². The summed E-state index contributed by atoms with van der Waals surface area (Å²) in [6.07, 6.45) is 0. The van der Waals surface area contributed by atoms with Crippen LogP contribution in [0.2, 0.25) is 0 Å². The van der Waals surface area contributed by atoms with E-state index in [9.17, 15) is 0 Å². The molecule has 2 rings (SSSR count). The molecule has 1 heterocycles. The van der Waals surface area contributed by atoms with Crippen molar-refractivity contribution in [2.75, 3.05) is 13.9 Å². The van der Waals surface area contributed by atoms with Crippen LogP contribution < -0.4 is 9.47 Å². The van der Waals surface area contributed by atoms with Gasteiger partial charge in [0.2, 0.25) is 6.79 Å². The maximum absolute atomic E-state index is 7.50. The van der Waals surface area contributed by atoms with Crippen molar-refractivity contribution >= 4 is 0 Å². The number of hydrogen-bond acceptors (Lipinski definition) is 3. The van der Waals surface area contributed by atoms with Gasteiger partial charge >= 0.3 is 56.5 Å². The van der Waals surface area contributed by atoms with Crippen molar-refractivity contribution < 1.29 is 54.8 Å².